The van der Waals surface area contributed by atoms with Crippen LogP contribution in [0.1, 0.15) is 40.1 Å². The Balaban J connectivity index is 1.22. The molecule has 0 saturated heterocycles. The number of rotatable bonds is 11. The number of unbranched alkanes of at least 4 members (excludes halogenated alkanes) is 2. The summed E-state index contributed by atoms with van der Waals surface area (Å²) >= 11 is 1.41. The smallest absolute Gasteiger partial charge is 0.258 e. The number of aromatic nitrogens is 1. The summed E-state index contributed by atoms with van der Waals surface area (Å²) in [6.45, 7) is 1.00. The van der Waals surface area contributed by atoms with Crippen molar-refractivity contribution in [1.29, 1.82) is 0 Å². The summed E-state index contributed by atoms with van der Waals surface area (Å²) in [6, 6.07) is 20.5. The van der Waals surface area contributed by atoms with E-state index in [0.29, 0.717) is 18.7 Å². The third kappa shape index (κ3) is 6.46. The van der Waals surface area contributed by atoms with Crippen LogP contribution in [0.25, 0.3) is 11.3 Å². The number of hydrogen-bond donors (Lipinski definition) is 2. The minimum absolute atomic E-state index is 0.0204. The maximum absolute atomic E-state index is 12.6. The minimum Gasteiger partial charge on any atom is -0.493 e. The highest BCUT2D eigenvalue weighted by atomic mass is 32.1. The summed E-state index contributed by atoms with van der Waals surface area (Å²) in [5.41, 5.74) is 2.44. The predicted molar refractivity (Wildman–Crippen MR) is 130 cm³/mol. The number of H-pyrrole nitrogens is 1. The Morgan fingerprint density at radius 1 is 1.00 bits per heavy atom. The molecule has 1 amide bonds. The fourth-order valence-corrected chi connectivity index (χ4v) is 4.20. The number of para-hydroxylation sites is 1. The van der Waals surface area contributed by atoms with E-state index in [1.165, 1.54) is 11.5 Å². The van der Waals surface area contributed by atoms with Gasteiger partial charge in [0, 0.05) is 34.2 Å². The molecule has 2 N–H and O–H groups in total. The highest BCUT2D eigenvalue weighted by Crippen LogP contribution is 2.21. The lowest BCUT2D eigenvalue weighted by Gasteiger charge is -2.12. The van der Waals surface area contributed by atoms with Gasteiger partial charge in [0.2, 0.25) is 0 Å². The molecule has 4 aromatic rings. The van der Waals surface area contributed by atoms with E-state index in [2.05, 4.69) is 9.69 Å². The molecule has 0 unspecified atom stereocenters. The molecule has 0 aliphatic carbocycles. The van der Waals surface area contributed by atoms with Crippen LogP contribution in [0.4, 0.5) is 0 Å². The van der Waals surface area contributed by atoms with Crippen molar-refractivity contribution in [1.82, 2.24) is 9.69 Å². The van der Waals surface area contributed by atoms with Crippen molar-refractivity contribution in [2.45, 2.75) is 32.2 Å². The van der Waals surface area contributed by atoms with Crippen LogP contribution in [0.3, 0.4) is 0 Å². The van der Waals surface area contributed by atoms with Gasteiger partial charge in [-0.2, -0.15) is 0 Å². The third-order valence-corrected chi connectivity index (χ3v) is 6.15. The van der Waals surface area contributed by atoms with Crippen molar-refractivity contribution in [3.8, 4) is 17.1 Å². The van der Waals surface area contributed by atoms with Gasteiger partial charge < -0.3 is 14.5 Å². The van der Waals surface area contributed by atoms with Gasteiger partial charge in [-0.05, 0) is 56.0 Å². The number of nitrogens with one attached hydrogen (secondary N) is 2. The molecule has 6 nitrogen and oxygen atoms in total. The molecule has 33 heavy (non-hydrogen) atoms. The molecule has 0 saturated carbocycles. The molecule has 0 fully saturated rings. The Morgan fingerprint density at radius 3 is 2.61 bits per heavy atom. The number of hydrogen-bond acceptors (Lipinski definition) is 5. The fourth-order valence-electron chi connectivity index (χ4n) is 3.50. The standard InChI is InChI=1S/C26H26N2O4S/c29-25-17-22(33-28-25)8-2-1-5-15-31-24-9-4-3-7-21(24)18-27-26(30)20-13-11-19(12-14-20)23-10-6-16-32-23/h3-4,6-7,9-14,16-17H,1-2,5,8,15,18H2,(H,27,30)(H,28,29). The van der Waals surface area contributed by atoms with E-state index >= 15 is 0 Å². The molecule has 170 valence electrons. The van der Waals surface area contributed by atoms with E-state index in [-0.39, 0.29) is 11.5 Å². The first kappa shape index (κ1) is 22.6. The van der Waals surface area contributed by atoms with Gasteiger partial charge in [0.25, 0.3) is 11.5 Å². The summed E-state index contributed by atoms with van der Waals surface area (Å²) in [4.78, 5) is 24.8. The zero-order chi connectivity index (χ0) is 22.9. The number of carbonyl (C=O) groups is 1. The van der Waals surface area contributed by atoms with E-state index in [9.17, 15) is 9.59 Å². The average Bonchev–Trinajstić information content (AvgIpc) is 3.52. The van der Waals surface area contributed by atoms with E-state index < -0.39 is 0 Å². The highest BCUT2D eigenvalue weighted by Gasteiger charge is 2.09. The quantitative estimate of drug-likeness (QED) is 0.292. The number of carbonyl (C=O) groups excluding carboxylic acids is 1. The largest absolute Gasteiger partial charge is 0.493 e. The summed E-state index contributed by atoms with van der Waals surface area (Å²) in [5, 5.41) is 2.97. The number of benzene rings is 2. The fraction of sp³-hybridized carbons (Fsp3) is 0.231. The first-order valence-corrected chi connectivity index (χ1v) is 11.8. The number of aromatic amines is 1. The van der Waals surface area contributed by atoms with Gasteiger partial charge >= 0.3 is 0 Å². The molecular weight excluding hydrogens is 436 g/mol. The molecule has 0 atom stereocenters. The zero-order valence-corrected chi connectivity index (χ0v) is 19.0. The SMILES string of the molecule is O=C(NCc1ccccc1OCCCCCc1cc(=O)[nH]s1)c1ccc(-c2ccco2)cc1. The van der Waals surface area contributed by atoms with Gasteiger partial charge in [-0.25, -0.2) is 0 Å². The molecule has 4 rings (SSSR count). The van der Waals surface area contributed by atoms with E-state index in [1.807, 2.05) is 48.5 Å². The second-order valence-electron chi connectivity index (χ2n) is 7.68. The van der Waals surface area contributed by atoms with Crippen LogP contribution < -0.4 is 15.6 Å². The van der Waals surface area contributed by atoms with Crippen LogP contribution in [-0.4, -0.2) is 16.9 Å². The Bertz CT molecular complexity index is 1210. The van der Waals surface area contributed by atoms with Crippen molar-refractivity contribution in [2.75, 3.05) is 6.61 Å². The van der Waals surface area contributed by atoms with Gasteiger partial charge in [-0.1, -0.05) is 41.9 Å². The first-order chi connectivity index (χ1) is 16.2. The second-order valence-corrected chi connectivity index (χ2v) is 8.62. The van der Waals surface area contributed by atoms with E-state index in [1.54, 1.807) is 24.5 Å². The Morgan fingerprint density at radius 2 is 1.85 bits per heavy atom. The number of ether oxygens (including phenoxy) is 1. The van der Waals surface area contributed by atoms with Crippen LogP contribution in [0.2, 0.25) is 0 Å². The molecule has 0 aliphatic heterocycles. The topological polar surface area (TPSA) is 84.3 Å². The monoisotopic (exact) mass is 462 g/mol. The summed E-state index contributed by atoms with van der Waals surface area (Å²) < 4.78 is 14.1. The molecule has 0 bridgehead atoms. The van der Waals surface area contributed by atoms with Gasteiger partial charge in [0.05, 0.1) is 12.9 Å². The molecule has 0 radical (unpaired) electrons. The molecule has 7 heteroatoms. The van der Waals surface area contributed by atoms with Crippen LogP contribution in [0, 0.1) is 0 Å². The average molecular weight is 463 g/mol. The number of furan rings is 1. The highest BCUT2D eigenvalue weighted by molar-refractivity contribution is 7.05. The molecule has 0 aliphatic rings. The lowest BCUT2D eigenvalue weighted by molar-refractivity contribution is 0.0950. The van der Waals surface area contributed by atoms with Gasteiger partial charge in [0.15, 0.2) is 0 Å². The zero-order valence-electron chi connectivity index (χ0n) is 18.2. The molecule has 2 aromatic carbocycles. The molecular formula is C26H26N2O4S. The van der Waals surface area contributed by atoms with Crippen LogP contribution in [-0.2, 0) is 13.0 Å². The Labute approximate surface area is 196 Å². The third-order valence-electron chi connectivity index (χ3n) is 5.26. The first-order valence-electron chi connectivity index (χ1n) is 11.0. The lowest BCUT2D eigenvalue weighted by atomic mass is 10.1. The summed E-state index contributed by atoms with van der Waals surface area (Å²) in [5.74, 6) is 1.42. The van der Waals surface area contributed by atoms with Gasteiger partial charge in [-0.3, -0.25) is 14.0 Å². The van der Waals surface area contributed by atoms with Crippen molar-refractivity contribution < 1.29 is 13.9 Å². The number of aryl methyl sites for hydroxylation is 1. The minimum atomic E-state index is -0.136. The molecule has 2 aromatic heterocycles. The predicted octanol–water partition coefficient (Wildman–Crippen LogP) is 5.42. The maximum Gasteiger partial charge on any atom is 0.258 e. The second kappa shape index (κ2) is 11.3. The van der Waals surface area contributed by atoms with Crippen LogP contribution in [0.5, 0.6) is 5.75 Å². The summed E-state index contributed by atoms with van der Waals surface area (Å²) in [6.07, 6.45) is 5.52. The molecule has 2 heterocycles. The maximum atomic E-state index is 12.6. The van der Waals surface area contributed by atoms with Gasteiger partial charge in [0.1, 0.15) is 11.5 Å². The van der Waals surface area contributed by atoms with Crippen LogP contribution >= 0.6 is 11.5 Å². The molecule has 0 spiro atoms. The van der Waals surface area contributed by atoms with Crippen molar-refractivity contribution in [2.24, 2.45) is 0 Å². The van der Waals surface area contributed by atoms with Crippen molar-refractivity contribution >= 4 is 17.4 Å². The Kier molecular flexibility index (Phi) is 7.76. The Hall–Kier alpha value is -3.58. The van der Waals surface area contributed by atoms with Crippen LogP contribution in [0.15, 0.2) is 82.2 Å². The summed E-state index contributed by atoms with van der Waals surface area (Å²) in [7, 11) is 0. The van der Waals surface area contributed by atoms with Gasteiger partial charge in [-0.15, -0.1) is 0 Å². The van der Waals surface area contributed by atoms with Crippen molar-refractivity contribution in [3.05, 3.63) is 99.4 Å². The van der Waals surface area contributed by atoms with E-state index in [4.69, 9.17) is 9.15 Å². The van der Waals surface area contributed by atoms with Crippen molar-refractivity contribution in [3.63, 3.8) is 0 Å². The number of amides is 1. The normalized spacial score (nSPS) is 10.8. The lowest BCUT2D eigenvalue weighted by Crippen LogP contribution is -2.23. The van der Waals surface area contributed by atoms with E-state index in [0.717, 1.165) is 53.2 Å².